The average Bonchev–Trinajstić information content (AvgIpc) is 2.36. The Morgan fingerprint density at radius 2 is 2.20 bits per heavy atom. The predicted molar refractivity (Wildman–Crippen MR) is 35.8 cm³/mol. The van der Waals surface area contributed by atoms with Crippen molar-refractivity contribution in [3.63, 3.8) is 0 Å². The second-order valence-electron chi connectivity index (χ2n) is 2.02. The molecule has 0 N–H and O–H groups in total. The smallest absolute Gasteiger partial charge is 0.134 e. The molecule has 0 aliphatic carbocycles. The van der Waals surface area contributed by atoms with Gasteiger partial charge in [0.2, 0.25) is 0 Å². The maximum Gasteiger partial charge on any atom is 0.134 e. The summed E-state index contributed by atoms with van der Waals surface area (Å²) >= 11 is 0. The highest BCUT2D eigenvalue weighted by Crippen LogP contribution is 2.20. The number of benzene rings is 1. The summed E-state index contributed by atoms with van der Waals surface area (Å²) in [5, 5.41) is 3.57. The van der Waals surface area contributed by atoms with E-state index in [0.29, 0.717) is 11.3 Å². The highest BCUT2D eigenvalue weighted by atomic mass is 19.1. The first-order valence-corrected chi connectivity index (χ1v) is 2.90. The number of halogens is 1. The van der Waals surface area contributed by atoms with Crippen LogP contribution in [-0.4, -0.2) is 6.21 Å². The van der Waals surface area contributed by atoms with Crippen molar-refractivity contribution in [2.45, 2.75) is 0 Å². The summed E-state index contributed by atoms with van der Waals surface area (Å²) in [6.07, 6.45) is 1.42. The zero-order valence-electron chi connectivity index (χ0n) is 5.08. The molecule has 1 aromatic carbocycles. The first-order valence-electron chi connectivity index (χ1n) is 2.90. The van der Waals surface area contributed by atoms with Gasteiger partial charge in [0.15, 0.2) is 0 Å². The van der Waals surface area contributed by atoms with Gasteiger partial charge in [0, 0.05) is 0 Å². The fraction of sp³-hybridized carbons (Fsp3) is 0. The van der Waals surface area contributed by atoms with Gasteiger partial charge in [-0.25, -0.2) is 4.39 Å². The van der Waals surface area contributed by atoms with Crippen LogP contribution < -0.4 is 5.43 Å². The molecule has 0 saturated heterocycles. The summed E-state index contributed by atoms with van der Waals surface area (Å²) in [4.78, 5) is 0. The van der Waals surface area contributed by atoms with E-state index < -0.39 is 0 Å². The second kappa shape index (κ2) is 1.80. The standard InChI is InChI=1S/C7H4FN2/c8-6-2-1-3-7-5(6)4-9-10-7/h1-4H. The van der Waals surface area contributed by atoms with E-state index in [4.69, 9.17) is 0 Å². The van der Waals surface area contributed by atoms with E-state index in [1.54, 1.807) is 12.1 Å². The van der Waals surface area contributed by atoms with Gasteiger partial charge < -0.3 is 0 Å². The Kier molecular flexibility index (Phi) is 0.974. The van der Waals surface area contributed by atoms with Crippen LogP contribution in [-0.2, 0) is 0 Å². The molecule has 49 valence electrons. The van der Waals surface area contributed by atoms with Gasteiger partial charge in [0.25, 0.3) is 0 Å². The van der Waals surface area contributed by atoms with Crippen LogP contribution in [0.4, 0.5) is 10.1 Å². The van der Waals surface area contributed by atoms with Crippen LogP contribution >= 0.6 is 0 Å². The molecule has 0 spiro atoms. The molecular formula is C7H4FN2. The molecule has 1 aromatic rings. The third-order valence-electron chi connectivity index (χ3n) is 1.38. The Balaban J connectivity index is 2.67. The van der Waals surface area contributed by atoms with E-state index >= 15 is 0 Å². The molecule has 3 heteroatoms. The van der Waals surface area contributed by atoms with Crippen molar-refractivity contribution < 1.29 is 4.39 Å². The molecule has 1 heterocycles. The zero-order chi connectivity index (χ0) is 6.97. The fourth-order valence-electron chi connectivity index (χ4n) is 0.889. The van der Waals surface area contributed by atoms with E-state index in [1.165, 1.54) is 12.3 Å². The SMILES string of the molecule is Fc1cccc2c1C=N[N]2. The third-order valence-corrected chi connectivity index (χ3v) is 1.38. The summed E-state index contributed by atoms with van der Waals surface area (Å²) in [6, 6.07) is 4.74. The highest BCUT2D eigenvalue weighted by Gasteiger charge is 2.10. The average molecular weight is 135 g/mol. The van der Waals surface area contributed by atoms with Crippen LogP contribution in [0.25, 0.3) is 0 Å². The van der Waals surface area contributed by atoms with Crippen molar-refractivity contribution in [2.24, 2.45) is 5.10 Å². The Hall–Kier alpha value is -1.38. The maximum absolute atomic E-state index is 12.7. The molecule has 0 atom stereocenters. The van der Waals surface area contributed by atoms with E-state index in [0.717, 1.165) is 0 Å². The summed E-state index contributed by atoms with van der Waals surface area (Å²) in [5.74, 6) is -0.262. The van der Waals surface area contributed by atoms with E-state index in [1.807, 2.05) is 0 Å². The lowest BCUT2D eigenvalue weighted by Gasteiger charge is -1.93. The second-order valence-corrected chi connectivity index (χ2v) is 2.02. The molecule has 0 saturated carbocycles. The summed E-state index contributed by atoms with van der Waals surface area (Å²) in [6.45, 7) is 0. The molecule has 2 nitrogen and oxygen atoms in total. The Morgan fingerprint density at radius 1 is 1.30 bits per heavy atom. The first kappa shape index (κ1) is 5.41. The third kappa shape index (κ3) is 0.603. The van der Waals surface area contributed by atoms with Crippen LogP contribution in [0.15, 0.2) is 23.3 Å². The first-order chi connectivity index (χ1) is 4.88. The minimum Gasteiger partial charge on any atom is -0.206 e. The van der Waals surface area contributed by atoms with Gasteiger partial charge in [-0.3, -0.25) is 0 Å². The lowest BCUT2D eigenvalue weighted by molar-refractivity contribution is 0.626. The van der Waals surface area contributed by atoms with Gasteiger partial charge in [0.1, 0.15) is 5.82 Å². The van der Waals surface area contributed by atoms with Gasteiger partial charge in [-0.1, -0.05) is 6.07 Å². The predicted octanol–water partition coefficient (Wildman–Crippen LogP) is 1.41. The number of hydrogen-bond donors (Lipinski definition) is 0. The van der Waals surface area contributed by atoms with Gasteiger partial charge in [-0.05, 0) is 12.1 Å². The number of nitrogens with zero attached hydrogens (tertiary/aromatic N) is 2. The molecule has 0 fully saturated rings. The Labute approximate surface area is 57.4 Å². The quantitative estimate of drug-likeness (QED) is 0.514. The van der Waals surface area contributed by atoms with Crippen molar-refractivity contribution in [1.82, 2.24) is 5.43 Å². The number of fused-ring (bicyclic) bond motifs is 1. The minimum atomic E-state index is -0.262. The molecule has 1 aliphatic heterocycles. The van der Waals surface area contributed by atoms with Crippen LogP contribution in [0.2, 0.25) is 0 Å². The molecule has 1 aliphatic rings. The van der Waals surface area contributed by atoms with Gasteiger partial charge in [-0.15, -0.1) is 0 Å². The monoisotopic (exact) mass is 135 g/mol. The number of hydrogen-bond acceptors (Lipinski definition) is 1. The van der Waals surface area contributed by atoms with Crippen LogP contribution in [0, 0.1) is 5.82 Å². The molecule has 0 aromatic heterocycles. The van der Waals surface area contributed by atoms with Crippen LogP contribution in [0.3, 0.4) is 0 Å². The number of rotatable bonds is 0. The van der Waals surface area contributed by atoms with Gasteiger partial charge in [0.05, 0.1) is 17.5 Å². The van der Waals surface area contributed by atoms with Crippen molar-refractivity contribution in [2.75, 3.05) is 0 Å². The molecule has 2 rings (SSSR count). The molecule has 10 heavy (non-hydrogen) atoms. The molecule has 0 unspecified atom stereocenters. The fourth-order valence-corrected chi connectivity index (χ4v) is 0.889. The molecule has 0 bridgehead atoms. The minimum absolute atomic E-state index is 0.262. The highest BCUT2D eigenvalue weighted by molar-refractivity contribution is 5.89. The van der Waals surface area contributed by atoms with Crippen molar-refractivity contribution in [3.8, 4) is 0 Å². The maximum atomic E-state index is 12.7. The summed E-state index contributed by atoms with van der Waals surface area (Å²) < 4.78 is 12.7. The molecular weight excluding hydrogens is 131 g/mol. The van der Waals surface area contributed by atoms with Crippen molar-refractivity contribution >= 4 is 11.9 Å². The summed E-state index contributed by atoms with van der Waals surface area (Å²) in [5.41, 5.74) is 4.79. The normalized spacial score (nSPS) is 12.9. The largest absolute Gasteiger partial charge is 0.206 e. The van der Waals surface area contributed by atoms with Crippen LogP contribution in [0.5, 0.6) is 0 Å². The van der Waals surface area contributed by atoms with Crippen molar-refractivity contribution in [1.29, 1.82) is 0 Å². The van der Waals surface area contributed by atoms with Crippen LogP contribution in [0.1, 0.15) is 5.56 Å². The molecule has 0 amide bonds. The lowest BCUT2D eigenvalue weighted by Crippen LogP contribution is -1.85. The lowest BCUT2D eigenvalue weighted by atomic mass is 10.2. The topological polar surface area (TPSA) is 26.5 Å². The Bertz CT molecular complexity index is 294. The van der Waals surface area contributed by atoms with E-state index in [2.05, 4.69) is 10.5 Å². The Morgan fingerprint density at radius 3 is 3.00 bits per heavy atom. The summed E-state index contributed by atoms with van der Waals surface area (Å²) in [7, 11) is 0. The van der Waals surface area contributed by atoms with Gasteiger partial charge in [-0.2, -0.15) is 10.5 Å². The van der Waals surface area contributed by atoms with E-state index in [9.17, 15) is 4.39 Å². The van der Waals surface area contributed by atoms with Gasteiger partial charge >= 0.3 is 0 Å². The molecule has 1 radical (unpaired) electrons. The van der Waals surface area contributed by atoms with E-state index in [-0.39, 0.29) is 5.82 Å². The van der Waals surface area contributed by atoms with Crippen molar-refractivity contribution in [3.05, 3.63) is 29.6 Å². The zero-order valence-corrected chi connectivity index (χ0v) is 5.08.